The lowest BCUT2D eigenvalue weighted by atomic mass is 10.2. The highest BCUT2D eigenvalue weighted by atomic mass is 28.4. The zero-order valence-electron chi connectivity index (χ0n) is 23.3. The fourth-order valence-corrected chi connectivity index (χ4v) is 6.36. The molecule has 0 heterocycles. The molecule has 206 valence electrons. The Morgan fingerprint density at radius 1 is 0.595 bits per heavy atom. The monoisotopic (exact) mass is 548 g/mol. The number of hydrogen-bond acceptors (Lipinski definition) is 7. The average molecular weight is 549 g/mol. The molecule has 0 N–H and O–H groups in total. The van der Waals surface area contributed by atoms with Gasteiger partial charge in [0.15, 0.2) is 0 Å². The maximum atomic E-state index is 5.67. The lowest BCUT2D eigenvalue weighted by molar-refractivity contribution is 0.121. The van der Waals surface area contributed by atoms with Crippen molar-refractivity contribution in [3.63, 3.8) is 0 Å². The molecular weight excluding hydrogens is 504 g/mol. The van der Waals surface area contributed by atoms with E-state index in [0.717, 1.165) is 47.6 Å². The van der Waals surface area contributed by atoms with Gasteiger partial charge in [-0.15, -0.1) is 0 Å². The van der Waals surface area contributed by atoms with Gasteiger partial charge in [-0.25, -0.2) is 0 Å². The molecule has 0 bridgehead atoms. The van der Waals surface area contributed by atoms with Crippen LogP contribution in [0.25, 0.3) is 12.2 Å². The summed E-state index contributed by atoms with van der Waals surface area (Å²) in [5, 5.41) is 0. The fraction of sp³-hybridized carbons (Fsp3) is 0.429. The van der Waals surface area contributed by atoms with Gasteiger partial charge in [-0.05, 0) is 60.8 Å². The van der Waals surface area contributed by atoms with Crippen molar-refractivity contribution in [1.82, 2.24) is 0 Å². The smallest absolute Gasteiger partial charge is 0.494 e. The van der Waals surface area contributed by atoms with Crippen molar-refractivity contribution in [3.8, 4) is 11.5 Å². The Morgan fingerprint density at radius 3 is 1.30 bits per heavy atom. The van der Waals surface area contributed by atoms with Gasteiger partial charge in [0, 0.05) is 41.6 Å². The normalized spacial score (nSPS) is 11.3. The van der Waals surface area contributed by atoms with E-state index in [9.17, 15) is 0 Å². The highest BCUT2D eigenvalue weighted by molar-refractivity contribution is 6.65. The average Bonchev–Trinajstić information content (AvgIpc) is 2.96. The first-order valence-electron chi connectivity index (χ1n) is 12.3. The molecule has 0 atom stereocenters. The number of ether oxygens (including phenoxy) is 2. The van der Waals surface area contributed by atoms with Crippen LogP contribution in [-0.2, 0) is 22.1 Å². The van der Waals surface area contributed by atoms with E-state index >= 15 is 0 Å². The summed E-state index contributed by atoms with van der Waals surface area (Å²) in [5.41, 5.74) is 2.18. The predicted molar refractivity (Wildman–Crippen MR) is 155 cm³/mol. The fourth-order valence-electron chi connectivity index (χ4n) is 3.31. The van der Waals surface area contributed by atoms with Gasteiger partial charge >= 0.3 is 17.4 Å². The second-order valence-corrected chi connectivity index (χ2v) is 15.0. The minimum atomic E-state index is -2.46. The van der Waals surface area contributed by atoms with Crippen LogP contribution in [0.1, 0.15) is 24.0 Å². The summed E-state index contributed by atoms with van der Waals surface area (Å²) >= 11 is 0. The number of benzene rings is 2. The molecule has 0 saturated carbocycles. The highest BCUT2D eigenvalue weighted by Gasteiger charge is 2.36. The summed E-state index contributed by atoms with van der Waals surface area (Å²) in [4.78, 5) is 0. The van der Waals surface area contributed by atoms with E-state index in [2.05, 4.69) is 19.7 Å². The van der Waals surface area contributed by atoms with Gasteiger partial charge in [0.05, 0.1) is 13.2 Å². The first kappa shape index (κ1) is 32.8. The van der Waals surface area contributed by atoms with Crippen LogP contribution in [0.2, 0.25) is 18.6 Å². The van der Waals surface area contributed by atoms with Gasteiger partial charge in [-0.3, -0.25) is 0 Å². The Labute approximate surface area is 225 Å². The maximum Gasteiger partial charge on any atom is 0.500 e. The molecule has 0 aliphatic heterocycles. The van der Waals surface area contributed by atoms with Gasteiger partial charge in [-0.1, -0.05) is 49.6 Å². The third-order valence-electron chi connectivity index (χ3n) is 5.97. The van der Waals surface area contributed by atoms with Crippen LogP contribution in [0, 0.1) is 0 Å². The molecule has 2 aromatic carbocycles. The van der Waals surface area contributed by atoms with Crippen LogP contribution < -0.4 is 9.47 Å². The van der Waals surface area contributed by atoms with Crippen molar-refractivity contribution >= 4 is 29.5 Å². The van der Waals surface area contributed by atoms with E-state index in [0.29, 0.717) is 13.2 Å². The topological polar surface area (TPSA) is 64.6 Å². The molecule has 0 aromatic heterocycles. The minimum absolute atomic E-state index is 0.609. The van der Waals surface area contributed by atoms with E-state index in [1.54, 1.807) is 41.6 Å². The van der Waals surface area contributed by atoms with Gasteiger partial charge in [0.1, 0.15) is 11.5 Å². The van der Waals surface area contributed by atoms with E-state index in [1.165, 1.54) is 0 Å². The molecule has 0 aliphatic carbocycles. The lowest BCUT2D eigenvalue weighted by Gasteiger charge is -2.24. The Kier molecular flexibility index (Phi) is 16.0. The molecule has 2 aromatic rings. The summed E-state index contributed by atoms with van der Waals surface area (Å²) < 4.78 is 38.2. The van der Waals surface area contributed by atoms with Gasteiger partial charge in [0.2, 0.25) is 0 Å². The third-order valence-corrected chi connectivity index (χ3v) is 11.8. The predicted octanol–water partition coefficient (Wildman–Crippen LogP) is 6.44. The van der Waals surface area contributed by atoms with E-state index in [-0.39, 0.29) is 0 Å². The van der Waals surface area contributed by atoms with Crippen molar-refractivity contribution in [2.75, 3.05) is 48.8 Å². The summed E-state index contributed by atoms with van der Waals surface area (Å²) in [6.45, 7) is 10.8. The van der Waals surface area contributed by atoms with Crippen molar-refractivity contribution in [2.24, 2.45) is 0 Å². The second kappa shape index (κ2) is 18.1. The number of hydrogen-bond donors (Lipinski definition) is 0. The van der Waals surface area contributed by atoms with Crippen LogP contribution in [0.4, 0.5) is 0 Å². The molecule has 9 heteroatoms. The molecule has 0 amide bonds. The van der Waals surface area contributed by atoms with Crippen molar-refractivity contribution in [2.45, 2.75) is 31.5 Å². The van der Waals surface area contributed by atoms with Gasteiger partial charge in [-0.2, -0.15) is 0 Å². The van der Waals surface area contributed by atoms with E-state index < -0.39 is 17.4 Å². The molecule has 0 radical (unpaired) electrons. The summed E-state index contributed by atoms with van der Waals surface area (Å²) in [6, 6.07) is 17.4. The molecular formula is C28H44O7Si2. The molecule has 0 aliphatic rings. The first-order valence-corrected chi connectivity index (χ1v) is 16.7. The Bertz CT molecular complexity index is 872. The molecule has 0 fully saturated rings. The largest absolute Gasteiger partial charge is 0.500 e. The van der Waals surface area contributed by atoms with E-state index in [1.807, 2.05) is 54.6 Å². The first-order chi connectivity index (χ1) is 17.8. The quantitative estimate of drug-likeness (QED) is 0.166. The van der Waals surface area contributed by atoms with E-state index in [4.69, 9.17) is 31.6 Å². The molecule has 0 saturated heterocycles. The summed E-state index contributed by atoms with van der Waals surface area (Å²) in [5.74, 6) is 1.74. The molecule has 37 heavy (non-hydrogen) atoms. The van der Waals surface area contributed by atoms with Crippen molar-refractivity contribution < 1.29 is 31.6 Å². The van der Waals surface area contributed by atoms with Crippen molar-refractivity contribution in [3.05, 3.63) is 72.8 Å². The Hall–Kier alpha value is -2.25. The summed E-state index contributed by atoms with van der Waals surface area (Å²) in [7, 11) is 3.88. The third kappa shape index (κ3) is 12.2. The van der Waals surface area contributed by atoms with Crippen molar-refractivity contribution in [1.29, 1.82) is 0 Å². The molecule has 0 spiro atoms. The van der Waals surface area contributed by atoms with Crippen LogP contribution in [0.5, 0.6) is 11.5 Å². The molecule has 0 unspecified atom stereocenters. The van der Waals surface area contributed by atoms with Crippen LogP contribution in [-0.4, -0.2) is 66.1 Å². The molecule has 2 rings (SSSR count). The van der Waals surface area contributed by atoms with Crippen LogP contribution in [0.15, 0.2) is 61.7 Å². The maximum absolute atomic E-state index is 5.67. The van der Waals surface area contributed by atoms with Crippen LogP contribution in [0.3, 0.4) is 0 Å². The standard InChI is InChI=1S/C14H22O4Si.C14H22O3Si/c1-5-13-7-9-14(10-8-13)18-11-6-12-19(15-2,16-3)17-4;1-5-13-7-9-14(10-8-13)17-11-6-12-18(4,15-2)16-3/h5,7-10H,1,6,11-12H2,2-4H3;5,7-10H,1,6,11-12H2,2-4H3. The molecule has 7 nitrogen and oxygen atoms in total. The lowest BCUT2D eigenvalue weighted by Crippen LogP contribution is -2.42. The van der Waals surface area contributed by atoms with Gasteiger partial charge < -0.3 is 31.6 Å². The second-order valence-electron chi connectivity index (χ2n) is 8.29. The van der Waals surface area contributed by atoms with Gasteiger partial charge in [0.25, 0.3) is 0 Å². The Morgan fingerprint density at radius 2 is 0.973 bits per heavy atom. The number of rotatable bonds is 17. The zero-order chi connectivity index (χ0) is 27.6. The Balaban J connectivity index is 0.000000371. The highest BCUT2D eigenvalue weighted by Crippen LogP contribution is 2.18. The SMILES string of the molecule is C=Cc1ccc(OCCC[Si](C)(OC)OC)cc1.C=Cc1ccc(OCCC[Si](OC)(OC)OC)cc1. The zero-order valence-corrected chi connectivity index (χ0v) is 25.3. The summed E-state index contributed by atoms with van der Waals surface area (Å²) in [6.07, 6.45) is 5.38. The minimum Gasteiger partial charge on any atom is -0.494 e. The van der Waals surface area contributed by atoms with Crippen LogP contribution >= 0.6 is 0 Å².